The second-order valence-corrected chi connectivity index (χ2v) is 6.51. The molecule has 1 saturated carbocycles. The third-order valence-corrected chi connectivity index (χ3v) is 3.50. The van der Waals surface area contributed by atoms with Crippen molar-refractivity contribution in [3.8, 4) is 0 Å². The molecular formula is C15H25NO5. The average Bonchev–Trinajstić information content (AvgIpc) is 2.38. The summed E-state index contributed by atoms with van der Waals surface area (Å²) in [5, 5.41) is 3.02. The molecule has 0 amide bonds. The number of carbonyl (C=O) groups excluding carboxylic acids is 3. The van der Waals surface area contributed by atoms with Crippen molar-refractivity contribution in [1.82, 2.24) is 5.32 Å². The Morgan fingerprint density at radius 3 is 2.19 bits per heavy atom. The van der Waals surface area contributed by atoms with Crippen molar-refractivity contribution in [3.05, 3.63) is 0 Å². The van der Waals surface area contributed by atoms with E-state index in [4.69, 9.17) is 4.74 Å². The van der Waals surface area contributed by atoms with Crippen molar-refractivity contribution in [2.75, 3.05) is 7.11 Å². The van der Waals surface area contributed by atoms with Crippen LogP contribution in [0.25, 0.3) is 0 Å². The molecule has 6 heteroatoms. The molecule has 1 N–H and O–H groups in total. The number of ketones is 1. The maximum atomic E-state index is 12.5. The van der Waals surface area contributed by atoms with Crippen molar-refractivity contribution in [2.45, 2.75) is 70.6 Å². The van der Waals surface area contributed by atoms with Gasteiger partial charge in [-0.2, -0.15) is 0 Å². The van der Waals surface area contributed by atoms with Gasteiger partial charge < -0.3 is 9.47 Å². The van der Waals surface area contributed by atoms with Crippen molar-refractivity contribution in [3.63, 3.8) is 0 Å². The first-order valence-corrected chi connectivity index (χ1v) is 7.20. The molecular weight excluding hydrogens is 274 g/mol. The first-order chi connectivity index (χ1) is 9.59. The first kappa shape index (κ1) is 17.6. The van der Waals surface area contributed by atoms with Crippen LogP contribution in [0.1, 0.15) is 53.4 Å². The molecule has 120 valence electrons. The lowest BCUT2D eigenvalue weighted by Gasteiger charge is -2.38. The fraction of sp³-hybridized carbons (Fsp3) is 0.800. The van der Waals surface area contributed by atoms with Gasteiger partial charge in [0.1, 0.15) is 23.0 Å². The smallest absolute Gasteiger partial charge is 0.326 e. The molecule has 1 atom stereocenters. The molecule has 0 saturated heterocycles. The quantitative estimate of drug-likeness (QED) is 0.789. The summed E-state index contributed by atoms with van der Waals surface area (Å²) in [7, 11) is 1.30. The van der Waals surface area contributed by atoms with E-state index in [1.807, 2.05) is 0 Å². The summed E-state index contributed by atoms with van der Waals surface area (Å²) in [5.41, 5.74) is -1.63. The minimum atomic E-state index is -1.01. The molecule has 0 aliphatic heterocycles. The predicted molar refractivity (Wildman–Crippen MR) is 76.7 cm³/mol. The predicted octanol–water partition coefficient (Wildman–Crippen LogP) is 1.36. The molecule has 1 aliphatic rings. The van der Waals surface area contributed by atoms with E-state index < -0.39 is 29.1 Å². The number of Topliss-reactive ketones (excluding diaryl/α,β-unsaturated/α-hetero) is 1. The highest BCUT2D eigenvalue weighted by atomic mass is 16.6. The SMILES string of the molecule is COC(=O)[C@H](C)NC1(C(=O)OC(C)(C)C)CCC(=O)CC1. The van der Waals surface area contributed by atoms with Crippen LogP contribution in [-0.4, -0.2) is 42.0 Å². The van der Waals surface area contributed by atoms with Gasteiger partial charge in [-0.3, -0.25) is 19.7 Å². The summed E-state index contributed by atoms with van der Waals surface area (Å²) >= 11 is 0. The lowest BCUT2D eigenvalue weighted by molar-refractivity contribution is -0.166. The second-order valence-electron chi connectivity index (χ2n) is 6.51. The fourth-order valence-corrected chi connectivity index (χ4v) is 2.39. The van der Waals surface area contributed by atoms with Gasteiger partial charge in [0.15, 0.2) is 0 Å². The first-order valence-electron chi connectivity index (χ1n) is 7.20. The highest BCUT2D eigenvalue weighted by Gasteiger charge is 2.45. The molecule has 0 unspecified atom stereocenters. The van der Waals surface area contributed by atoms with E-state index in [1.165, 1.54) is 7.11 Å². The van der Waals surface area contributed by atoms with Crippen LogP contribution >= 0.6 is 0 Å². The summed E-state index contributed by atoms with van der Waals surface area (Å²) in [5.74, 6) is -0.741. The third-order valence-electron chi connectivity index (χ3n) is 3.50. The highest BCUT2D eigenvalue weighted by Crippen LogP contribution is 2.30. The van der Waals surface area contributed by atoms with Gasteiger partial charge in [0, 0.05) is 12.8 Å². The Hall–Kier alpha value is -1.43. The van der Waals surface area contributed by atoms with Crippen LogP contribution < -0.4 is 5.32 Å². The Balaban J connectivity index is 2.92. The maximum absolute atomic E-state index is 12.5. The van der Waals surface area contributed by atoms with Crippen LogP contribution in [0.15, 0.2) is 0 Å². The van der Waals surface area contributed by atoms with Crippen molar-refractivity contribution in [1.29, 1.82) is 0 Å². The molecule has 0 aromatic rings. The average molecular weight is 299 g/mol. The number of ether oxygens (including phenoxy) is 2. The van der Waals surface area contributed by atoms with Gasteiger partial charge in [0.25, 0.3) is 0 Å². The van der Waals surface area contributed by atoms with Crippen LogP contribution in [0.4, 0.5) is 0 Å². The minimum Gasteiger partial charge on any atom is -0.468 e. The van der Waals surface area contributed by atoms with Crippen LogP contribution in [-0.2, 0) is 23.9 Å². The number of hydrogen-bond donors (Lipinski definition) is 1. The van der Waals surface area contributed by atoms with Crippen molar-refractivity contribution < 1.29 is 23.9 Å². The van der Waals surface area contributed by atoms with Gasteiger partial charge in [0.2, 0.25) is 0 Å². The Morgan fingerprint density at radius 2 is 1.76 bits per heavy atom. The number of esters is 2. The summed E-state index contributed by atoms with van der Waals surface area (Å²) in [6, 6.07) is -0.643. The van der Waals surface area contributed by atoms with E-state index in [9.17, 15) is 14.4 Å². The monoisotopic (exact) mass is 299 g/mol. The lowest BCUT2D eigenvalue weighted by Crippen LogP contribution is -2.60. The van der Waals surface area contributed by atoms with Gasteiger partial charge in [-0.1, -0.05) is 0 Å². The van der Waals surface area contributed by atoms with Gasteiger partial charge in [-0.15, -0.1) is 0 Å². The number of hydrogen-bond acceptors (Lipinski definition) is 6. The Bertz CT molecular complexity index is 414. The molecule has 0 radical (unpaired) electrons. The topological polar surface area (TPSA) is 81.7 Å². The lowest BCUT2D eigenvalue weighted by atomic mass is 9.80. The number of methoxy groups -OCH3 is 1. The number of carbonyl (C=O) groups is 3. The zero-order valence-corrected chi connectivity index (χ0v) is 13.4. The Labute approximate surface area is 125 Å². The maximum Gasteiger partial charge on any atom is 0.326 e. The van der Waals surface area contributed by atoms with Crippen LogP contribution in [0, 0.1) is 0 Å². The van der Waals surface area contributed by atoms with Crippen LogP contribution in [0.5, 0.6) is 0 Å². The largest absolute Gasteiger partial charge is 0.468 e. The zero-order chi connectivity index (χ0) is 16.3. The molecule has 0 heterocycles. The van der Waals surface area contributed by atoms with Crippen LogP contribution in [0.2, 0.25) is 0 Å². The zero-order valence-electron chi connectivity index (χ0n) is 13.4. The van der Waals surface area contributed by atoms with Crippen molar-refractivity contribution >= 4 is 17.7 Å². The number of nitrogens with one attached hydrogen (secondary N) is 1. The Kier molecular flexibility index (Phi) is 5.50. The molecule has 0 aromatic carbocycles. The molecule has 1 fully saturated rings. The molecule has 1 rings (SSSR count). The molecule has 0 bridgehead atoms. The van der Waals surface area contributed by atoms with Gasteiger partial charge in [0.05, 0.1) is 7.11 Å². The van der Waals surface area contributed by atoms with E-state index in [2.05, 4.69) is 10.1 Å². The summed E-state index contributed by atoms with van der Waals surface area (Å²) in [4.78, 5) is 35.6. The van der Waals surface area contributed by atoms with Gasteiger partial charge in [-0.25, -0.2) is 0 Å². The minimum absolute atomic E-state index is 0.127. The summed E-state index contributed by atoms with van der Waals surface area (Å²) < 4.78 is 10.1. The van der Waals surface area contributed by atoms with E-state index >= 15 is 0 Å². The van der Waals surface area contributed by atoms with E-state index in [0.29, 0.717) is 25.7 Å². The summed E-state index contributed by atoms with van der Waals surface area (Å²) in [6.45, 7) is 7.00. The fourth-order valence-electron chi connectivity index (χ4n) is 2.39. The molecule has 1 aliphatic carbocycles. The standard InChI is InChI=1S/C15H25NO5/c1-10(12(18)20-5)16-15(8-6-11(17)7-9-15)13(19)21-14(2,3)4/h10,16H,6-9H2,1-5H3/t10-/m0/s1. The normalized spacial score (nSPS) is 19.8. The molecule has 21 heavy (non-hydrogen) atoms. The second kappa shape index (κ2) is 6.56. The van der Waals surface area contributed by atoms with Gasteiger partial charge in [-0.05, 0) is 40.5 Å². The van der Waals surface area contributed by atoms with Gasteiger partial charge >= 0.3 is 11.9 Å². The van der Waals surface area contributed by atoms with Crippen LogP contribution in [0.3, 0.4) is 0 Å². The van der Waals surface area contributed by atoms with E-state index in [0.717, 1.165) is 0 Å². The molecule has 0 aromatic heterocycles. The third kappa shape index (κ3) is 4.81. The summed E-state index contributed by atoms with van der Waals surface area (Å²) in [6.07, 6.45) is 1.28. The van der Waals surface area contributed by atoms with E-state index in [-0.39, 0.29) is 5.78 Å². The highest BCUT2D eigenvalue weighted by molar-refractivity contribution is 5.88. The van der Waals surface area contributed by atoms with Crippen molar-refractivity contribution in [2.24, 2.45) is 0 Å². The van der Waals surface area contributed by atoms with E-state index in [1.54, 1.807) is 27.7 Å². The molecule has 0 spiro atoms. The Morgan fingerprint density at radius 1 is 1.24 bits per heavy atom. The number of rotatable bonds is 4. The molecule has 6 nitrogen and oxygen atoms in total.